The fourth-order valence-corrected chi connectivity index (χ4v) is 22.6. The quantitative estimate of drug-likeness (QED) is 0.0525. The first-order valence-corrected chi connectivity index (χ1v) is 36.9. The predicted molar refractivity (Wildman–Crippen MR) is 293 cm³/mol. The summed E-state index contributed by atoms with van der Waals surface area (Å²) in [6.45, 7) is 36.8. The van der Waals surface area contributed by atoms with E-state index in [0.29, 0.717) is 44.6 Å². The maximum Gasteiger partial charge on any atom is 0.192 e. The first-order chi connectivity index (χ1) is 34.6. The Kier molecular flexibility index (Phi) is 21.2. The van der Waals surface area contributed by atoms with Crippen LogP contribution in [-0.2, 0) is 51.2 Å². The molecule has 0 aliphatic carbocycles. The van der Waals surface area contributed by atoms with Crippen molar-refractivity contribution < 1.29 is 56.3 Å². The molecule has 0 aromatic carbocycles. The molecule has 0 spiro atoms. The molecule has 8 fully saturated rings. The molecule has 0 aromatic rings. The van der Waals surface area contributed by atoms with Gasteiger partial charge in [0.25, 0.3) is 0 Å². The molecule has 11 unspecified atom stereocenters. The van der Waals surface area contributed by atoms with Crippen LogP contribution in [0.3, 0.4) is 0 Å². The van der Waals surface area contributed by atoms with Crippen LogP contribution in [0.5, 0.6) is 0 Å². The van der Waals surface area contributed by atoms with Crippen molar-refractivity contribution in [3.8, 4) is 0 Å². The fraction of sp³-hybridized carbons (Fsp3) is 0.895. The average Bonchev–Trinajstić information content (AvgIpc) is 4.08. The Labute approximate surface area is 440 Å². The van der Waals surface area contributed by atoms with E-state index in [1.807, 2.05) is 6.08 Å². The van der Waals surface area contributed by atoms with E-state index in [0.717, 1.165) is 104 Å². The van der Waals surface area contributed by atoms with E-state index in [2.05, 4.69) is 89.0 Å². The van der Waals surface area contributed by atoms with Gasteiger partial charge in [-0.1, -0.05) is 88.5 Å². The lowest BCUT2D eigenvalue weighted by Gasteiger charge is -2.47. The zero-order valence-corrected chi connectivity index (χ0v) is 50.0. The lowest BCUT2D eigenvalue weighted by atomic mass is 9.82. The Balaban J connectivity index is 0.961. The minimum Gasteiger partial charge on any atom is -0.414 e. The van der Waals surface area contributed by atoms with Gasteiger partial charge in [0.05, 0.1) is 67.6 Å². The number of rotatable bonds is 31. The van der Waals surface area contributed by atoms with Crippen molar-refractivity contribution in [2.24, 2.45) is 11.8 Å². The van der Waals surface area contributed by atoms with Gasteiger partial charge in [-0.2, -0.15) is 0 Å². The third kappa shape index (κ3) is 12.6. The van der Waals surface area contributed by atoms with Crippen molar-refractivity contribution in [2.45, 2.75) is 292 Å². The third-order valence-electron chi connectivity index (χ3n) is 19.7. The van der Waals surface area contributed by atoms with Crippen molar-refractivity contribution >= 4 is 25.0 Å². The molecule has 414 valence electrons. The molecule has 8 aliphatic heterocycles. The normalized spacial score (nSPS) is 38.3. The molecular formula is C57H102O12Si3. The summed E-state index contributed by atoms with van der Waals surface area (Å²) in [7, 11) is -4.00. The van der Waals surface area contributed by atoms with E-state index in [-0.39, 0.29) is 104 Å². The lowest BCUT2D eigenvalue weighted by Crippen LogP contribution is -2.62. The number of hydrogen-bond donors (Lipinski definition) is 1. The molecule has 72 heavy (non-hydrogen) atoms. The first kappa shape index (κ1) is 59.1. The zero-order valence-electron chi connectivity index (χ0n) is 47.0. The Morgan fingerprint density at radius 2 is 1.33 bits per heavy atom. The highest BCUT2D eigenvalue weighted by molar-refractivity contribution is 6.74. The van der Waals surface area contributed by atoms with E-state index in [9.17, 15) is 5.11 Å². The average molecular weight is 1060 g/mol. The maximum absolute atomic E-state index is 10.4. The largest absolute Gasteiger partial charge is 0.414 e. The molecule has 18 atom stereocenters. The molecule has 8 saturated heterocycles. The van der Waals surface area contributed by atoms with Gasteiger partial charge in [-0.15, -0.1) is 6.58 Å². The number of aliphatic hydroxyl groups is 1. The Bertz CT molecular complexity index is 1720. The summed E-state index contributed by atoms with van der Waals surface area (Å²) in [5.74, 6) is -0.430. The van der Waals surface area contributed by atoms with Crippen molar-refractivity contribution in [3.63, 3.8) is 0 Å². The predicted octanol–water partition coefficient (Wildman–Crippen LogP) is 12.0. The van der Waals surface area contributed by atoms with Crippen LogP contribution in [0.2, 0.25) is 54.4 Å². The molecule has 8 heterocycles. The van der Waals surface area contributed by atoms with Crippen LogP contribution in [-0.4, -0.2) is 148 Å². The first-order valence-electron chi connectivity index (χ1n) is 29.4. The minimum atomic E-state index is -2.00. The summed E-state index contributed by atoms with van der Waals surface area (Å²) < 4.78 is 76.5. The molecule has 12 nitrogen and oxygen atoms in total. The van der Waals surface area contributed by atoms with Gasteiger partial charge in [0.2, 0.25) is 0 Å². The Hall–Kier alpha value is -0.609. The summed E-state index contributed by atoms with van der Waals surface area (Å²) in [6, 6.07) is 9.73. The van der Waals surface area contributed by atoms with Crippen LogP contribution < -0.4 is 0 Å². The smallest absolute Gasteiger partial charge is 0.192 e. The van der Waals surface area contributed by atoms with Gasteiger partial charge in [0, 0.05) is 45.3 Å². The summed E-state index contributed by atoms with van der Waals surface area (Å²) in [4.78, 5) is 0. The summed E-state index contributed by atoms with van der Waals surface area (Å²) in [5, 5.41) is 10.4. The van der Waals surface area contributed by atoms with Crippen molar-refractivity contribution in [3.05, 3.63) is 37.0 Å². The standard InChI is InChI=1S/C57H102O12Si3/c1-15-25-46-53(69-72(22-8,23-9)24-10)56-55-54(64-46)52-50(65-55)36-57(66-52,67-56)30-28-42-33-39(12)45(61-42)27-26-41-32-38(11)40(13)47(62-41)35-48-44(29-31-58)51(59-14)49(63-48)34-43(68-71(19-5,20-6)21-7)37-60-70(16-2,17-3)18-4/h15,38,41-56,58H,1,12-13,16-37H2,2-11,14H3/t38?,41?,42?,43?,44?,45-,46-,47?,48?,49+,50+,51+,52?,53?,54-,55?,56?,57-/m0/s1. The number of ether oxygens (including phenoxy) is 8. The highest BCUT2D eigenvalue weighted by Crippen LogP contribution is 2.54. The summed E-state index contributed by atoms with van der Waals surface area (Å²) >= 11 is 0. The minimum absolute atomic E-state index is 0.0227. The third-order valence-corrected chi connectivity index (χ3v) is 33.7. The summed E-state index contributed by atoms with van der Waals surface area (Å²) in [5.41, 5.74) is 2.28. The number of aliphatic hydroxyl groups excluding tert-OH is 1. The van der Waals surface area contributed by atoms with E-state index in [4.69, 9.17) is 51.2 Å². The van der Waals surface area contributed by atoms with E-state index < -0.39 is 30.7 Å². The van der Waals surface area contributed by atoms with Gasteiger partial charge in [-0.3, -0.25) is 0 Å². The molecule has 15 heteroatoms. The topological polar surface area (TPSA) is 122 Å². The van der Waals surface area contributed by atoms with Crippen molar-refractivity contribution in [1.29, 1.82) is 0 Å². The van der Waals surface area contributed by atoms with Gasteiger partial charge in [0.15, 0.2) is 30.7 Å². The highest BCUT2D eigenvalue weighted by atomic mass is 28.4. The van der Waals surface area contributed by atoms with Gasteiger partial charge in [-0.25, -0.2) is 0 Å². The second kappa shape index (κ2) is 25.9. The zero-order chi connectivity index (χ0) is 52.0. The van der Waals surface area contributed by atoms with Crippen molar-refractivity contribution in [1.82, 2.24) is 0 Å². The van der Waals surface area contributed by atoms with E-state index >= 15 is 0 Å². The number of methoxy groups -OCH3 is 1. The van der Waals surface area contributed by atoms with Crippen LogP contribution in [0.25, 0.3) is 0 Å². The second-order valence-electron chi connectivity index (χ2n) is 23.2. The molecule has 6 bridgehead atoms. The number of hydrogen-bond acceptors (Lipinski definition) is 12. The van der Waals surface area contributed by atoms with Crippen LogP contribution in [0, 0.1) is 11.8 Å². The van der Waals surface area contributed by atoms with Crippen molar-refractivity contribution in [2.75, 3.05) is 20.3 Å². The Morgan fingerprint density at radius 1 is 0.694 bits per heavy atom. The maximum atomic E-state index is 10.4. The lowest BCUT2D eigenvalue weighted by molar-refractivity contribution is -0.271. The van der Waals surface area contributed by atoms with Crippen LogP contribution >= 0.6 is 0 Å². The molecule has 0 radical (unpaired) electrons. The second-order valence-corrected chi connectivity index (χ2v) is 37.4. The SMILES string of the molecule is C=CC[C@@H]1O[C@@H]2C3O[C@@H]4C[C@](CCC5CC(=C)[C@H](CCC6CC(C)C(=C)C(CC7O[C@H](CC(CO[Si](CC)(CC)CC)O[Si](CC)(CC)CC)[C@H](OC)C7CCO)O6)O5)(OC3C1O[Si](CC)(CC)CC)OC24. The van der Waals surface area contributed by atoms with E-state index in [1.165, 1.54) is 0 Å². The fourth-order valence-electron chi connectivity index (χ4n) is 14.3. The van der Waals surface area contributed by atoms with Gasteiger partial charge in [0.1, 0.15) is 30.5 Å². The van der Waals surface area contributed by atoms with Gasteiger partial charge >= 0.3 is 0 Å². The highest BCUT2D eigenvalue weighted by Gasteiger charge is 2.68. The molecule has 1 N–H and O–H groups in total. The molecular weight excluding hydrogens is 961 g/mol. The Morgan fingerprint density at radius 3 is 1.96 bits per heavy atom. The van der Waals surface area contributed by atoms with Crippen LogP contribution in [0.15, 0.2) is 37.0 Å². The monoisotopic (exact) mass is 1060 g/mol. The van der Waals surface area contributed by atoms with Gasteiger partial charge in [-0.05, 0) is 116 Å². The molecule has 0 aromatic heterocycles. The molecule has 0 amide bonds. The summed E-state index contributed by atoms with van der Waals surface area (Å²) in [6.07, 6.45) is 8.57. The van der Waals surface area contributed by atoms with Gasteiger partial charge < -0.3 is 56.3 Å². The molecule has 0 saturated carbocycles. The van der Waals surface area contributed by atoms with Crippen LogP contribution in [0.4, 0.5) is 0 Å². The van der Waals surface area contributed by atoms with Crippen LogP contribution in [0.1, 0.15) is 140 Å². The molecule has 8 rings (SSSR count). The van der Waals surface area contributed by atoms with E-state index in [1.54, 1.807) is 7.11 Å². The molecule has 8 aliphatic rings.